The molecule has 0 atom stereocenters. The van der Waals surface area contributed by atoms with Crippen LogP contribution in [-0.4, -0.2) is 43.5 Å². The van der Waals surface area contributed by atoms with Crippen LogP contribution in [0.1, 0.15) is 57.7 Å². The Labute approximate surface area is 160 Å². The first kappa shape index (κ1) is 20.0. The van der Waals surface area contributed by atoms with E-state index in [2.05, 4.69) is 0 Å². The van der Waals surface area contributed by atoms with Gasteiger partial charge in [0.1, 0.15) is 5.75 Å². The first-order valence-electron chi connectivity index (χ1n) is 9.18. The number of aliphatic hydroxyl groups excluding tert-OH is 1. The quantitative estimate of drug-likeness (QED) is 0.628. The molecule has 0 aliphatic carbocycles. The highest BCUT2D eigenvalue weighted by Gasteiger charge is 2.44. The first-order valence-corrected chi connectivity index (χ1v) is 10.6. The fourth-order valence-electron chi connectivity index (χ4n) is 3.54. The summed E-state index contributed by atoms with van der Waals surface area (Å²) >= 11 is 0. The zero-order valence-corrected chi connectivity index (χ0v) is 17.3. The molecule has 1 N–H and O–H groups in total. The molecule has 1 aromatic carbocycles. The second-order valence-electron chi connectivity index (χ2n) is 8.36. The van der Waals surface area contributed by atoms with Crippen molar-refractivity contribution in [1.29, 1.82) is 0 Å². The number of aliphatic hydroxyl groups is 1. The zero-order chi connectivity index (χ0) is 20.2. The molecule has 2 aliphatic rings. The number of carbonyl (C=O) groups is 1. The first-order chi connectivity index (χ1) is 12.4. The molecule has 2 aliphatic heterocycles. The molecule has 2 heterocycles. The number of sulfonamides is 1. The van der Waals surface area contributed by atoms with Crippen LogP contribution >= 0.6 is 0 Å². The van der Waals surface area contributed by atoms with E-state index in [0.717, 1.165) is 5.56 Å². The largest absolute Gasteiger partial charge is 0.425 e. The Balaban J connectivity index is 2.20. The van der Waals surface area contributed by atoms with E-state index in [4.69, 9.17) is 4.74 Å². The molecular formula is C20H27NO5S. The number of fused-ring (bicyclic) bond motifs is 1. The van der Waals surface area contributed by atoms with Crippen molar-refractivity contribution in [3.05, 3.63) is 33.7 Å². The number of hydrogen-bond acceptors (Lipinski definition) is 5. The van der Waals surface area contributed by atoms with Crippen molar-refractivity contribution in [1.82, 2.24) is 4.31 Å². The lowest BCUT2D eigenvalue weighted by Gasteiger charge is -2.25. The van der Waals surface area contributed by atoms with Crippen LogP contribution in [0, 0.1) is 0 Å². The normalized spacial score (nSPS) is 22.9. The molecular weight excluding hydrogens is 366 g/mol. The second kappa shape index (κ2) is 6.43. The van der Waals surface area contributed by atoms with Gasteiger partial charge in [0, 0.05) is 29.6 Å². The van der Waals surface area contributed by atoms with Crippen LogP contribution in [0.15, 0.2) is 17.0 Å². The van der Waals surface area contributed by atoms with Crippen LogP contribution in [0.2, 0.25) is 0 Å². The van der Waals surface area contributed by atoms with Gasteiger partial charge >= 0.3 is 5.97 Å². The molecule has 148 valence electrons. The molecule has 0 aromatic heterocycles. The fourth-order valence-corrected chi connectivity index (χ4v) is 5.17. The Morgan fingerprint density at radius 1 is 1.33 bits per heavy atom. The van der Waals surface area contributed by atoms with Gasteiger partial charge in [-0.05, 0) is 44.0 Å². The Morgan fingerprint density at radius 2 is 2.00 bits per heavy atom. The standard InChI is InChI=1S/C20H27NO5S/c1-6-21-8-7-14(27(21,24)25)9-13-10-15(19(2,3)12-22)17-16(11-13)20(4,5)18(23)26-17/h9-11,22H,6-8,12H2,1-5H3/b14-9+. The number of rotatable bonds is 4. The predicted molar refractivity (Wildman–Crippen MR) is 104 cm³/mol. The van der Waals surface area contributed by atoms with E-state index in [1.54, 1.807) is 19.9 Å². The lowest BCUT2D eigenvalue weighted by Crippen LogP contribution is -2.25. The third kappa shape index (κ3) is 3.11. The molecule has 1 aromatic rings. The molecule has 0 bridgehead atoms. The van der Waals surface area contributed by atoms with E-state index in [1.165, 1.54) is 4.31 Å². The van der Waals surface area contributed by atoms with Crippen LogP contribution in [0.25, 0.3) is 6.08 Å². The molecule has 0 radical (unpaired) electrons. The Hall–Kier alpha value is -1.70. The summed E-state index contributed by atoms with van der Waals surface area (Å²) in [6, 6.07) is 3.65. The highest BCUT2D eigenvalue weighted by Crippen LogP contribution is 2.46. The van der Waals surface area contributed by atoms with Gasteiger partial charge in [-0.15, -0.1) is 0 Å². The molecule has 0 spiro atoms. The molecule has 6 nitrogen and oxygen atoms in total. The van der Waals surface area contributed by atoms with Crippen molar-refractivity contribution in [3.63, 3.8) is 0 Å². The SMILES string of the molecule is CCN1CC/C(=C\c2cc(C(C)(C)CO)c3c(c2)C(C)(C)C(=O)O3)S1(=O)=O. The van der Waals surface area contributed by atoms with E-state index in [1.807, 2.05) is 32.9 Å². The summed E-state index contributed by atoms with van der Waals surface area (Å²) in [7, 11) is -3.44. The topological polar surface area (TPSA) is 83.9 Å². The third-order valence-electron chi connectivity index (χ3n) is 5.57. The summed E-state index contributed by atoms with van der Waals surface area (Å²) in [5.74, 6) is 0.138. The number of carbonyl (C=O) groups excluding carboxylic acids is 1. The summed E-state index contributed by atoms with van der Waals surface area (Å²) in [5, 5.41) is 9.84. The monoisotopic (exact) mass is 393 g/mol. The second-order valence-corrected chi connectivity index (χ2v) is 10.3. The van der Waals surface area contributed by atoms with E-state index >= 15 is 0 Å². The molecule has 0 amide bonds. The van der Waals surface area contributed by atoms with Crippen molar-refractivity contribution in [2.24, 2.45) is 0 Å². The maximum absolute atomic E-state index is 12.6. The molecule has 0 unspecified atom stereocenters. The Bertz CT molecular complexity index is 928. The van der Waals surface area contributed by atoms with Gasteiger partial charge in [0.25, 0.3) is 0 Å². The van der Waals surface area contributed by atoms with Gasteiger partial charge in [0.15, 0.2) is 0 Å². The maximum atomic E-state index is 12.6. The summed E-state index contributed by atoms with van der Waals surface area (Å²) in [5.41, 5.74) is 0.669. The highest BCUT2D eigenvalue weighted by molar-refractivity contribution is 7.93. The van der Waals surface area contributed by atoms with E-state index in [0.29, 0.717) is 41.3 Å². The summed E-state index contributed by atoms with van der Waals surface area (Å²) in [6.45, 7) is 9.94. The van der Waals surface area contributed by atoms with Gasteiger partial charge in [-0.1, -0.05) is 20.8 Å². The number of ether oxygens (including phenoxy) is 1. The molecule has 0 saturated carbocycles. The molecule has 27 heavy (non-hydrogen) atoms. The van der Waals surface area contributed by atoms with Gasteiger partial charge in [0.2, 0.25) is 10.0 Å². The lowest BCUT2D eigenvalue weighted by molar-refractivity contribution is -0.137. The number of esters is 1. The van der Waals surface area contributed by atoms with Crippen molar-refractivity contribution < 1.29 is 23.1 Å². The van der Waals surface area contributed by atoms with Crippen molar-refractivity contribution in [2.75, 3.05) is 19.7 Å². The summed E-state index contributed by atoms with van der Waals surface area (Å²) < 4.78 is 32.2. The van der Waals surface area contributed by atoms with Crippen LogP contribution < -0.4 is 4.74 Å². The number of nitrogens with zero attached hydrogens (tertiary/aromatic N) is 1. The maximum Gasteiger partial charge on any atom is 0.321 e. The number of hydrogen-bond donors (Lipinski definition) is 1. The molecule has 7 heteroatoms. The van der Waals surface area contributed by atoms with Gasteiger partial charge in [-0.2, -0.15) is 4.31 Å². The van der Waals surface area contributed by atoms with Crippen LogP contribution in [0.5, 0.6) is 5.75 Å². The predicted octanol–water partition coefficient (Wildman–Crippen LogP) is 2.55. The Kier molecular flexibility index (Phi) is 4.77. The molecule has 3 rings (SSSR count). The van der Waals surface area contributed by atoms with Gasteiger partial charge < -0.3 is 9.84 Å². The number of benzene rings is 1. The lowest BCUT2D eigenvalue weighted by atomic mass is 9.78. The van der Waals surface area contributed by atoms with E-state index in [-0.39, 0.29) is 12.6 Å². The zero-order valence-electron chi connectivity index (χ0n) is 16.5. The van der Waals surface area contributed by atoms with E-state index in [9.17, 15) is 18.3 Å². The summed E-state index contributed by atoms with van der Waals surface area (Å²) in [4.78, 5) is 12.7. The average Bonchev–Trinajstić information content (AvgIpc) is 3.00. The van der Waals surface area contributed by atoms with Crippen molar-refractivity contribution >= 4 is 22.1 Å². The third-order valence-corrected chi connectivity index (χ3v) is 7.68. The Morgan fingerprint density at radius 3 is 2.56 bits per heavy atom. The average molecular weight is 394 g/mol. The minimum Gasteiger partial charge on any atom is -0.425 e. The van der Waals surface area contributed by atoms with Crippen molar-refractivity contribution in [2.45, 2.75) is 51.9 Å². The molecule has 1 fully saturated rings. The van der Waals surface area contributed by atoms with E-state index < -0.39 is 20.9 Å². The highest BCUT2D eigenvalue weighted by atomic mass is 32.2. The fraction of sp³-hybridized carbons (Fsp3) is 0.550. The van der Waals surface area contributed by atoms with Crippen LogP contribution in [0.3, 0.4) is 0 Å². The van der Waals surface area contributed by atoms with Crippen LogP contribution in [0.4, 0.5) is 0 Å². The smallest absolute Gasteiger partial charge is 0.321 e. The minimum atomic E-state index is -3.44. The molecule has 1 saturated heterocycles. The van der Waals surface area contributed by atoms with Gasteiger partial charge in [-0.25, -0.2) is 8.42 Å². The van der Waals surface area contributed by atoms with Gasteiger partial charge in [0.05, 0.1) is 16.9 Å². The van der Waals surface area contributed by atoms with Crippen LogP contribution in [-0.2, 0) is 25.6 Å². The van der Waals surface area contributed by atoms with Crippen molar-refractivity contribution in [3.8, 4) is 5.75 Å². The summed E-state index contributed by atoms with van der Waals surface area (Å²) in [6.07, 6.45) is 2.14. The van der Waals surface area contributed by atoms with Gasteiger partial charge in [-0.3, -0.25) is 4.79 Å². The minimum absolute atomic E-state index is 0.126.